The summed E-state index contributed by atoms with van der Waals surface area (Å²) in [4.78, 5) is 12.1. The Labute approximate surface area is 136 Å². The van der Waals surface area contributed by atoms with Crippen LogP contribution in [0.5, 0.6) is 0 Å². The van der Waals surface area contributed by atoms with Crippen LogP contribution in [0.3, 0.4) is 0 Å². The molecule has 0 fully saturated rings. The van der Waals surface area contributed by atoms with Crippen molar-refractivity contribution in [2.75, 3.05) is 13.2 Å². The van der Waals surface area contributed by atoms with E-state index >= 15 is 0 Å². The highest BCUT2D eigenvalue weighted by Gasteiger charge is 2.39. The van der Waals surface area contributed by atoms with Crippen molar-refractivity contribution in [1.29, 1.82) is 0 Å². The first-order chi connectivity index (χ1) is 11.1. The molecular weight excluding hydrogens is 292 g/mol. The molecule has 0 saturated heterocycles. The van der Waals surface area contributed by atoms with Gasteiger partial charge in [-0.3, -0.25) is 10.1 Å². The molecule has 0 aliphatic carbocycles. The van der Waals surface area contributed by atoms with E-state index in [9.17, 15) is 9.90 Å². The van der Waals surface area contributed by atoms with Crippen molar-refractivity contribution in [3.63, 3.8) is 0 Å². The van der Waals surface area contributed by atoms with Gasteiger partial charge in [-0.05, 0) is 12.5 Å². The zero-order valence-electron chi connectivity index (χ0n) is 13.1. The Balaban J connectivity index is 2.23. The van der Waals surface area contributed by atoms with Gasteiger partial charge in [0.2, 0.25) is 5.72 Å². The first-order valence-electron chi connectivity index (χ1n) is 7.57. The summed E-state index contributed by atoms with van der Waals surface area (Å²) in [6.45, 7) is 2.21. The lowest BCUT2D eigenvalue weighted by Crippen LogP contribution is -2.55. The summed E-state index contributed by atoms with van der Waals surface area (Å²) >= 11 is 0. The molecule has 0 bridgehead atoms. The number of hydrogen-bond acceptors (Lipinski definition) is 4. The molecule has 5 nitrogen and oxygen atoms in total. The number of nitrogens with one attached hydrogen (secondary N) is 1. The number of benzene rings is 2. The SMILES string of the molecule is CCOC(NCC(O)c1ccccc1)(C(N)=O)c1ccccc1. The predicted molar refractivity (Wildman–Crippen MR) is 88.3 cm³/mol. The molecule has 0 aliphatic heterocycles. The normalized spacial score (nSPS) is 14.9. The summed E-state index contributed by atoms with van der Waals surface area (Å²) < 4.78 is 5.67. The Bertz CT molecular complexity index is 619. The average Bonchev–Trinajstić information content (AvgIpc) is 2.59. The van der Waals surface area contributed by atoms with Gasteiger partial charge in [-0.2, -0.15) is 0 Å². The maximum atomic E-state index is 12.1. The summed E-state index contributed by atoms with van der Waals surface area (Å²) in [6, 6.07) is 18.2. The number of nitrogens with two attached hydrogens (primary N) is 1. The largest absolute Gasteiger partial charge is 0.387 e. The third kappa shape index (κ3) is 3.96. The number of primary amides is 1. The van der Waals surface area contributed by atoms with Gasteiger partial charge < -0.3 is 15.6 Å². The van der Waals surface area contributed by atoms with Crippen molar-refractivity contribution in [3.8, 4) is 0 Å². The Morgan fingerprint density at radius 1 is 1.17 bits per heavy atom. The lowest BCUT2D eigenvalue weighted by Gasteiger charge is -2.32. The van der Waals surface area contributed by atoms with Gasteiger partial charge in [0.1, 0.15) is 0 Å². The van der Waals surface area contributed by atoms with Crippen LogP contribution in [0.4, 0.5) is 0 Å². The van der Waals surface area contributed by atoms with Gasteiger partial charge in [-0.1, -0.05) is 60.7 Å². The van der Waals surface area contributed by atoms with Gasteiger partial charge in [-0.25, -0.2) is 0 Å². The van der Waals surface area contributed by atoms with E-state index in [0.29, 0.717) is 12.2 Å². The monoisotopic (exact) mass is 314 g/mol. The van der Waals surface area contributed by atoms with E-state index in [2.05, 4.69) is 5.32 Å². The minimum atomic E-state index is -1.47. The minimum Gasteiger partial charge on any atom is -0.387 e. The van der Waals surface area contributed by atoms with Gasteiger partial charge in [0.25, 0.3) is 5.91 Å². The number of carbonyl (C=O) groups is 1. The molecule has 5 heteroatoms. The fourth-order valence-corrected chi connectivity index (χ4v) is 2.46. The van der Waals surface area contributed by atoms with Crippen molar-refractivity contribution in [2.24, 2.45) is 5.73 Å². The molecule has 0 radical (unpaired) electrons. The molecule has 0 aliphatic rings. The van der Waals surface area contributed by atoms with Crippen LogP contribution in [0.2, 0.25) is 0 Å². The Morgan fingerprint density at radius 3 is 2.26 bits per heavy atom. The first kappa shape index (κ1) is 17.1. The van der Waals surface area contributed by atoms with Crippen LogP contribution in [-0.4, -0.2) is 24.2 Å². The second kappa shape index (κ2) is 7.87. The van der Waals surface area contributed by atoms with Crippen molar-refractivity contribution in [1.82, 2.24) is 5.32 Å². The van der Waals surface area contributed by atoms with Crippen LogP contribution in [0.1, 0.15) is 24.2 Å². The van der Waals surface area contributed by atoms with E-state index in [0.717, 1.165) is 5.56 Å². The number of amides is 1. The summed E-state index contributed by atoms with van der Waals surface area (Å²) in [5, 5.41) is 13.3. The van der Waals surface area contributed by atoms with Gasteiger partial charge in [-0.15, -0.1) is 0 Å². The summed E-state index contributed by atoms with van der Waals surface area (Å²) in [5.74, 6) is -0.647. The molecule has 0 aromatic heterocycles. The van der Waals surface area contributed by atoms with Crippen LogP contribution in [-0.2, 0) is 15.3 Å². The number of aliphatic hydroxyl groups excluding tert-OH is 1. The summed E-state index contributed by atoms with van der Waals surface area (Å²) in [6.07, 6.45) is -0.779. The van der Waals surface area contributed by atoms with Crippen LogP contribution < -0.4 is 11.1 Å². The van der Waals surface area contributed by atoms with Crippen LogP contribution >= 0.6 is 0 Å². The highest BCUT2D eigenvalue weighted by molar-refractivity contribution is 5.84. The van der Waals surface area contributed by atoms with E-state index in [-0.39, 0.29) is 6.54 Å². The molecule has 23 heavy (non-hydrogen) atoms. The fourth-order valence-electron chi connectivity index (χ4n) is 2.46. The van der Waals surface area contributed by atoms with Gasteiger partial charge in [0.05, 0.1) is 6.10 Å². The van der Waals surface area contributed by atoms with Crippen molar-refractivity contribution in [3.05, 3.63) is 71.8 Å². The third-order valence-corrected chi connectivity index (χ3v) is 3.62. The number of carbonyl (C=O) groups excluding carboxylic acids is 1. The molecule has 122 valence electrons. The van der Waals surface area contributed by atoms with E-state index in [1.165, 1.54) is 0 Å². The maximum Gasteiger partial charge on any atom is 0.269 e. The number of aliphatic hydroxyl groups is 1. The molecule has 0 saturated carbocycles. The zero-order chi connectivity index (χ0) is 16.7. The third-order valence-electron chi connectivity index (χ3n) is 3.62. The fraction of sp³-hybridized carbons (Fsp3) is 0.278. The van der Waals surface area contributed by atoms with Gasteiger partial charge >= 0.3 is 0 Å². The smallest absolute Gasteiger partial charge is 0.269 e. The lowest BCUT2D eigenvalue weighted by molar-refractivity contribution is -0.151. The molecule has 4 N–H and O–H groups in total. The molecule has 0 heterocycles. The highest BCUT2D eigenvalue weighted by atomic mass is 16.5. The van der Waals surface area contributed by atoms with Crippen molar-refractivity contribution >= 4 is 5.91 Å². The topological polar surface area (TPSA) is 84.6 Å². The Kier molecular flexibility index (Phi) is 5.87. The molecule has 0 spiro atoms. The lowest BCUT2D eigenvalue weighted by atomic mass is 10.0. The average molecular weight is 314 g/mol. The van der Waals surface area contributed by atoms with Crippen molar-refractivity contribution in [2.45, 2.75) is 18.8 Å². The number of hydrogen-bond donors (Lipinski definition) is 3. The molecule has 2 rings (SSSR count). The minimum absolute atomic E-state index is 0.127. The standard InChI is InChI=1S/C18H22N2O3/c1-2-23-18(17(19)22,15-11-7-4-8-12-15)20-13-16(21)14-9-5-3-6-10-14/h3-12,16,20-21H,2,13H2,1H3,(H2,19,22). The second-order valence-electron chi connectivity index (χ2n) is 5.15. The molecule has 2 aromatic carbocycles. The van der Waals surface area contributed by atoms with E-state index in [4.69, 9.17) is 10.5 Å². The molecule has 2 aromatic rings. The Hall–Kier alpha value is -2.21. The maximum absolute atomic E-state index is 12.1. The van der Waals surface area contributed by atoms with Crippen LogP contribution in [0.15, 0.2) is 60.7 Å². The highest BCUT2D eigenvalue weighted by Crippen LogP contribution is 2.24. The van der Waals surface area contributed by atoms with Crippen LogP contribution in [0.25, 0.3) is 0 Å². The predicted octanol–water partition coefficient (Wildman–Crippen LogP) is 1.68. The summed E-state index contributed by atoms with van der Waals surface area (Å²) in [5.41, 5.74) is 5.50. The zero-order valence-corrected chi connectivity index (χ0v) is 13.1. The first-order valence-corrected chi connectivity index (χ1v) is 7.57. The molecule has 1 amide bonds. The molecular formula is C18H22N2O3. The van der Waals surface area contributed by atoms with E-state index in [1.54, 1.807) is 31.2 Å². The summed E-state index contributed by atoms with van der Waals surface area (Å²) in [7, 11) is 0. The number of ether oxygens (including phenoxy) is 1. The van der Waals surface area contributed by atoms with Gasteiger partial charge in [0.15, 0.2) is 0 Å². The molecule has 2 atom stereocenters. The van der Waals surface area contributed by atoms with Crippen molar-refractivity contribution < 1.29 is 14.6 Å². The quantitative estimate of drug-likeness (QED) is 0.647. The van der Waals surface area contributed by atoms with E-state index < -0.39 is 17.7 Å². The molecule has 2 unspecified atom stereocenters. The number of rotatable bonds is 8. The van der Waals surface area contributed by atoms with E-state index in [1.807, 2.05) is 36.4 Å². The second-order valence-corrected chi connectivity index (χ2v) is 5.15. The van der Waals surface area contributed by atoms with Crippen LogP contribution in [0, 0.1) is 0 Å². The Morgan fingerprint density at radius 2 is 1.74 bits per heavy atom. The van der Waals surface area contributed by atoms with Gasteiger partial charge in [0, 0.05) is 18.7 Å².